The van der Waals surface area contributed by atoms with Gasteiger partial charge in [-0.2, -0.15) is 5.10 Å². The van der Waals surface area contributed by atoms with E-state index in [0.717, 1.165) is 31.3 Å². The summed E-state index contributed by atoms with van der Waals surface area (Å²) in [4.78, 5) is 0. The molecule has 1 N–H and O–H groups in total. The lowest BCUT2D eigenvalue weighted by Crippen LogP contribution is -2.30. The van der Waals surface area contributed by atoms with Crippen LogP contribution in [0.2, 0.25) is 0 Å². The van der Waals surface area contributed by atoms with E-state index in [1.54, 1.807) is 7.11 Å². The molecular formula is C18H25N3O. The van der Waals surface area contributed by atoms with Crippen LogP contribution in [-0.4, -0.2) is 30.0 Å². The highest BCUT2D eigenvalue weighted by atomic mass is 16.5. The predicted octanol–water partition coefficient (Wildman–Crippen LogP) is 3.04. The minimum atomic E-state index is 0.541. The lowest BCUT2D eigenvalue weighted by atomic mass is 9.84. The molecule has 1 aromatic carbocycles. The first-order chi connectivity index (χ1) is 10.8. The van der Waals surface area contributed by atoms with Gasteiger partial charge in [0.15, 0.2) is 0 Å². The zero-order chi connectivity index (χ0) is 15.4. The molecule has 1 aliphatic heterocycles. The Morgan fingerprint density at radius 2 is 1.95 bits per heavy atom. The highest BCUT2D eigenvalue weighted by molar-refractivity contribution is 5.27. The van der Waals surface area contributed by atoms with Gasteiger partial charge in [0.2, 0.25) is 0 Å². The Morgan fingerprint density at radius 3 is 2.64 bits per heavy atom. The molecule has 2 aromatic rings. The van der Waals surface area contributed by atoms with Crippen molar-refractivity contribution in [2.45, 2.75) is 32.2 Å². The van der Waals surface area contributed by atoms with E-state index in [0.29, 0.717) is 5.92 Å². The largest absolute Gasteiger partial charge is 0.497 e. The molecule has 0 saturated carbocycles. The zero-order valence-electron chi connectivity index (χ0n) is 13.5. The molecule has 1 fully saturated rings. The van der Waals surface area contributed by atoms with Crippen LogP contribution in [0.3, 0.4) is 0 Å². The molecule has 4 heteroatoms. The molecule has 0 amide bonds. The van der Waals surface area contributed by atoms with Crippen molar-refractivity contribution < 1.29 is 4.74 Å². The van der Waals surface area contributed by atoms with Crippen LogP contribution in [-0.2, 0) is 6.54 Å². The van der Waals surface area contributed by atoms with Gasteiger partial charge >= 0.3 is 0 Å². The third kappa shape index (κ3) is 3.50. The minimum Gasteiger partial charge on any atom is -0.497 e. The number of benzene rings is 1. The Kier molecular flexibility index (Phi) is 4.78. The van der Waals surface area contributed by atoms with E-state index < -0.39 is 0 Å². The van der Waals surface area contributed by atoms with E-state index in [1.165, 1.54) is 24.1 Å². The summed E-state index contributed by atoms with van der Waals surface area (Å²) < 4.78 is 7.23. The number of hydrogen-bond donors (Lipinski definition) is 1. The van der Waals surface area contributed by atoms with Gasteiger partial charge in [0.05, 0.1) is 19.3 Å². The van der Waals surface area contributed by atoms with Crippen LogP contribution in [0.4, 0.5) is 0 Å². The molecule has 2 heterocycles. The summed E-state index contributed by atoms with van der Waals surface area (Å²) in [5, 5.41) is 8.22. The number of methoxy groups -OCH3 is 1. The molecular weight excluding hydrogens is 274 g/mol. The number of hydrogen-bond acceptors (Lipinski definition) is 3. The monoisotopic (exact) mass is 299 g/mol. The summed E-state index contributed by atoms with van der Waals surface area (Å²) >= 11 is 0. The van der Waals surface area contributed by atoms with Crippen molar-refractivity contribution in [1.82, 2.24) is 15.1 Å². The highest BCUT2D eigenvalue weighted by Gasteiger charge is 2.22. The number of nitrogens with zero attached hydrogens (tertiary/aromatic N) is 2. The molecule has 0 spiro atoms. The van der Waals surface area contributed by atoms with Crippen LogP contribution in [0, 0.1) is 5.92 Å². The minimum absolute atomic E-state index is 0.541. The Balaban J connectivity index is 1.64. The average Bonchev–Trinajstić information content (AvgIpc) is 3.04. The zero-order valence-corrected chi connectivity index (χ0v) is 13.5. The second-order valence-electron chi connectivity index (χ2n) is 6.16. The first kappa shape index (κ1) is 15.1. The quantitative estimate of drug-likeness (QED) is 0.922. The molecule has 1 aliphatic rings. The lowest BCUT2D eigenvalue weighted by Gasteiger charge is -2.27. The second-order valence-corrected chi connectivity index (χ2v) is 6.16. The van der Waals surface area contributed by atoms with Gasteiger partial charge in [0.1, 0.15) is 5.75 Å². The van der Waals surface area contributed by atoms with Crippen LogP contribution < -0.4 is 10.1 Å². The maximum absolute atomic E-state index is 5.19. The van der Waals surface area contributed by atoms with E-state index in [4.69, 9.17) is 9.84 Å². The lowest BCUT2D eigenvalue weighted by molar-refractivity contribution is 0.325. The second kappa shape index (κ2) is 6.97. The maximum atomic E-state index is 5.19. The predicted molar refractivity (Wildman–Crippen MR) is 88.3 cm³/mol. The molecule has 1 aromatic heterocycles. The van der Waals surface area contributed by atoms with Crippen molar-refractivity contribution in [2.75, 3.05) is 20.2 Å². The van der Waals surface area contributed by atoms with Gasteiger partial charge in [-0.1, -0.05) is 19.1 Å². The summed E-state index contributed by atoms with van der Waals surface area (Å²) in [5.74, 6) is 2.19. The molecule has 118 valence electrons. The number of ether oxygens (including phenoxy) is 1. The van der Waals surface area contributed by atoms with Gasteiger partial charge in [-0.05, 0) is 55.6 Å². The van der Waals surface area contributed by atoms with Crippen molar-refractivity contribution in [3.05, 3.63) is 47.8 Å². The first-order valence-electron chi connectivity index (χ1n) is 8.13. The SMILES string of the molecule is COc1ccc(Cn2ccc([C@@H](C)C3CCNCC3)n2)cc1. The normalized spacial score (nSPS) is 17.4. The van der Waals surface area contributed by atoms with Crippen molar-refractivity contribution in [1.29, 1.82) is 0 Å². The van der Waals surface area contributed by atoms with Crippen LogP contribution in [0.5, 0.6) is 5.75 Å². The van der Waals surface area contributed by atoms with Crippen LogP contribution >= 0.6 is 0 Å². The first-order valence-corrected chi connectivity index (χ1v) is 8.13. The molecule has 0 unspecified atom stereocenters. The smallest absolute Gasteiger partial charge is 0.118 e. The number of nitrogens with one attached hydrogen (secondary N) is 1. The summed E-state index contributed by atoms with van der Waals surface area (Å²) in [5.41, 5.74) is 2.46. The van der Waals surface area contributed by atoms with E-state index in [1.807, 2.05) is 16.8 Å². The van der Waals surface area contributed by atoms with E-state index in [2.05, 4.69) is 36.6 Å². The number of piperidine rings is 1. The maximum Gasteiger partial charge on any atom is 0.118 e. The molecule has 1 atom stereocenters. The molecule has 4 nitrogen and oxygen atoms in total. The van der Waals surface area contributed by atoms with Gasteiger partial charge in [-0.25, -0.2) is 0 Å². The molecule has 0 bridgehead atoms. The molecule has 22 heavy (non-hydrogen) atoms. The fraction of sp³-hybridized carbons (Fsp3) is 0.500. The van der Waals surface area contributed by atoms with Gasteiger partial charge in [0.25, 0.3) is 0 Å². The standard InChI is InChI=1S/C18H25N3O/c1-14(16-7-10-19-11-8-16)18-9-12-21(20-18)13-15-3-5-17(22-2)6-4-15/h3-6,9,12,14,16,19H,7-8,10-11,13H2,1-2H3/t14-/m0/s1. The molecule has 1 saturated heterocycles. The molecule has 0 radical (unpaired) electrons. The van der Waals surface area contributed by atoms with E-state index in [9.17, 15) is 0 Å². The summed E-state index contributed by atoms with van der Waals surface area (Å²) in [6.07, 6.45) is 4.61. The number of rotatable bonds is 5. The van der Waals surface area contributed by atoms with Crippen molar-refractivity contribution >= 4 is 0 Å². The van der Waals surface area contributed by atoms with Gasteiger partial charge in [0, 0.05) is 12.1 Å². The summed E-state index contributed by atoms with van der Waals surface area (Å²) in [7, 11) is 1.69. The fourth-order valence-corrected chi connectivity index (χ4v) is 3.21. The topological polar surface area (TPSA) is 39.1 Å². The molecule has 3 rings (SSSR count). The Bertz CT molecular complexity index is 585. The summed E-state index contributed by atoms with van der Waals surface area (Å²) in [6, 6.07) is 10.4. The fourth-order valence-electron chi connectivity index (χ4n) is 3.21. The van der Waals surface area contributed by atoms with E-state index >= 15 is 0 Å². The number of aromatic nitrogens is 2. The molecule has 0 aliphatic carbocycles. The summed E-state index contributed by atoms with van der Waals surface area (Å²) in [6.45, 7) is 5.40. The third-order valence-corrected chi connectivity index (χ3v) is 4.72. The van der Waals surface area contributed by atoms with Crippen LogP contribution in [0.15, 0.2) is 36.5 Å². The van der Waals surface area contributed by atoms with Gasteiger partial charge < -0.3 is 10.1 Å². The highest BCUT2D eigenvalue weighted by Crippen LogP contribution is 2.29. The van der Waals surface area contributed by atoms with Crippen LogP contribution in [0.25, 0.3) is 0 Å². The Morgan fingerprint density at radius 1 is 1.23 bits per heavy atom. The van der Waals surface area contributed by atoms with E-state index in [-0.39, 0.29) is 0 Å². The Hall–Kier alpha value is -1.81. The average molecular weight is 299 g/mol. The Labute approximate surface area is 132 Å². The van der Waals surface area contributed by atoms with Crippen molar-refractivity contribution in [3.8, 4) is 5.75 Å². The van der Waals surface area contributed by atoms with Gasteiger partial charge in [-0.15, -0.1) is 0 Å². The van der Waals surface area contributed by atoms with Crippen molar-refractivity contribution in [3.63, 3.8) is 0 Å². The van der Waals surface area contributed by atoms with Gasteiger partial charge in [-0.3, -0.25) is 4.68 Å². The van der Waals surface area contributed by atoms with Crippen molar-refractivity contribution in [2.24, 2.45) is 5.92 Å². The van der Waals surface area contributed by atoms with Crippen LogP contribution in [0.1, 0.15) is 36.9 Å². The third-order valence-electron chi connectivity index (χ3n) is 4.72.